The van der Waals surface area contributed by atoms with E-state index in [0.29, 0.717) is 74.1 Å². The normalized spacial score (nSPS) is 13.0. The van der Waals surface area contributed by atoms with Crippen molar-refractivity contribution in [2.45, 2.75) is 13.3 Å². The number of carbonyl (C=O) groups is 1. The minimum atomic E-state index is -0.477. The van der Waals surface area contributed by atoms with Crippen molar-refractivity contribution in [2.24, 2.45) is 4.99 Å². The SMILES string of the molecule is C#Cc1cc(Nc2ncnc3cnc(NC(=O)/C=C/C[N+](C)(C)CC4=C([N+](=O)[O-])N=C(C#CC)C4)cc23)ccc1Cl. The maximum atomic E-state index is 12.7. The van der Waals surface area contributed by atoms with Gasteiger partial charge in [0.05, 0.1) is 49.4 Å². The first-order chi connectivity index (χ1) is 19.6. The predicted octanol–water partition coefficient (Wildman–Crippen LogP) is 4.33. The molecule has 0 spiro atoms. The average Bonchev–Trinajstić information content (AvgIpc) is 3.31. The average molecular weight is 570 g/mol. The molecule has 0 saturated carbocycles. The number of carbonyl (C=O) groups excluding carboxylic acids is 1. The van der Waals surface area contributed by atoms with E-state index in [1.165, 1.54) is 18.6 Å². The molecule has 3 heterocycles. The zero-order valence-corrected chi connectivity index (χ0v) is 23.4. The number of pyridine rings is 1. The van der Waals surface area contributed by atoms with Gasteiger partial charge in [0, 0.05) is 22.7 Å². The zero-order chi connectivity index (χ0) is 29.6. The molecule has 12 heteroatoms. The van der Waals surface area contributed by atoms with Crippen LogP contribution < -0.4 is 10.6 Å². The summed E-state index contributed by atoms with van der Waals surface area (Å²) in [5, 5.41) is 18.5. The van der Waals surface area contributed by atoms with E-state index in [0.717, 1.165) is 0 Å². The number of amides is 1. The molecule has 41 heavy (non-hydrogen) atoms. The van der Waals surface area contributed by atoms with Gasteiger partial charge in [0.1, 0.15) is 24.5 Å². The number of likely N-dealkylation sites (N-methyl/N-ethyl adjacent to an activating group) is 1. The molecule has 3 aromatic rings. The van der Waals surface area contributed by atoms with Gasteiger partial charge in [0.15, 0.2) is 0 Å². The molecule has 2 aromatic heterocycles. The third-order valence-corrected chi connectivity index (χ3v) is 6.36. The number of aliphatic imine (C=N–C) groups is 1. The summed E-state index contributed by atoms with van der Waals surface area (Å²) in [6.45, 7) is 2.50. The van der Waals surface area contributed by atoms with Gasteiger partial charge in [0.25, 0.3) is 0 Å². The Hall–Kier alpha value is -5.10. The summed E-state index contributed by atoms with van der Waals surface area (Å²) in [5.41, 5.74) is 2.90. The smallest absolute Gasteiger partial charge is 0.358 e. The van der Waals surface area contributed by atoms with Crippen LogP contribution >= 0.6 is 11.6 Å². The summed E-state index contributed by atoms with van der Waals surface area (Å²) in [6.07, 6.45) is 11.9. The number of halogens is 1. The van der Waals surface area contributed by atoms with Gasteiger partial charge in [-0.25, -0.2) is 15.0 Å². The highest BCUT2D eigenvalue weighted by Crippen LogP contribution is 2.27. The number of terminal acetylenes is 1. The summed E-state index contributed by atoms with van der Waals surface area (Å²) in [5.74, 6) is 8.36. The Morgan fingerprint density at radius 1 is 1.27 bits per heavy atom. The first-order valence-corrected chi connectivity index (χ1v) is 12.8. The summed E-state index contributed by atoms with van der Waals surface area (Å²) < 4.78 is 0.380. The number of nitrogens with zero attached hydrogens (tertiary/aromatic N) is 6. The van der Waals surface area contributed by atoms with Crippen molar-refractivity contribution in [1.29, 1.82) is 0 Å². The lowest BCUT2D eigenvalue weighted by Gasteiger charge is -2.28. The van der Waals surface area contributed by atoms with E-state index in [4.69, 9.17) is 18.0 Å². The molecule has 0 aliphatic carbocycles. The van der Waals surface area contributed by atoms with Crippen LogP contribution in [0.3, 0.4) is 0 Å². The number of nitro groups is 1. The van der Waals surface area contributed by atoms with Gasteiger partial charge in [-0.1, -0.05) is 23.4 Å². The Morgan fingerprint density at radius 3 is 2.80 bits per heavy atom. The van der Waals surface area contributed by atoms with E-state index in [-0.39, 0.29) is 11.7 Å². The fourth-order valence-electron chi connectivity index (χ4n) is 4.21. The summed E-state index contributed by atoms with van der Waals surface area (Å²) in [4.78, 5) is 40.5. The topological polar surface area (TPSA) is 135 Å². The molecule has 1 amide bonds. The minimum absolute atomic E-state index is 0.150. The fraction of sp³-hybridized carbons (Fsp3) is 0.207. The number of fused-ring (bicyclic) bond motifs is 1. The Kier molecular flexibility index (Phi) is 8.73. The Bertz CT molecular complexity index is 1740. The van der Waals surface area contributed by atoms with E-state index >= 15 is 0 Å². The number of anilines is 3. The van der Waals surface area contributed by atoms with Crippen molar-refractivity contribution in [3.63, 3.8) is 0 Å². The second kappa shape index (κ2) is 12.4. The summed E-state index contributed by atoms with van der Waals surface area (Å²) in [6, 6.07) is 6.88. The number of aromatic nitrogens is 3. The number of benzene rings is 1. The molecule has 0 unspecified atom stereocenters. The van der Waals surface area contributed by atoms with E-state index in [9.17, 15) is 14.9 Å². The Labute approximate surface area is 241 Å². The molecule has 1 aliphatic heterocycles. The molecule has 0 saturated heterocycles. The lowest BCUT2D eigenvalue weighted by molar-refractivity contribution is -0.880. The first-order valence-electron chi connectivity index (χ1n) is 12.4. The van der Waals surface area contributed by atoms with Crippen LogP contribution in [0.25, 0.3) is 10.9 Å². The Morgan fingerprint density at radius 2 is 2.07 bits per heavy atom. The van der Waals surface area contributed by atoms with Gasteiger partial charge in [-0.05, 0) is 53.1 Å². The second-order valence-electron chi connectivity index (χ2n) is 9.74. The molecule has 0 radical (unpaired) electrons. The van der Waals surface area contributed by atoms with Crippen molar-refractivity contribution in [3.8, 4) is 24.2 Å². The van der Waals surface area contributed by atoms with Crippen LogP contribution in [0.1, 0.15) is 18.9 Å². The highest BCUT2D eigenvalue weighted by atomic mass is 35.5. The Balaban J connectivity index is 1.42. The van der Waals surface area contributed by atoms with Gasteiger partial charge in [-0.3, -0.25) is 4.79 Å². The van der Waals surface area contributed by atoms with Gasteiger partial charge >= 0.3 is 5.82 Å². The zero-order valence-electron chi connectivity index (χ0n) is 22.6. The molecular formula is C29H26ClN8O3+. The van der Waals surface area contributed by atoms with Crippen LogP contribution in [0.15, 0.2) is 65.3 Å². The number of nitrogens with one attached hydrogen (secondary N) is 2. The van der Waals surface area contributed by atoms with Crippen molar-refractivity contribution in [3.05, 3.63) is 81.0 Å². The fourth-order valence-corrected chi connectivity index (χ4v) is 4.38. The van der Waals surface area contributed by atoms with Gasteiger partial charge in [0.2, 0.25) is 11.6 Å². The number of hydrogen-bond acceptors (Lipinski definition) is 8. The monoisotopic (exact) mass is 569 g/mol. The maximum absolute atomic E-state index is 12.7. The quantitative estimate of drug-likeness (QED) is 0.129. The molecule has 1 aromatic carbocycles. The standard InChI is InChI=1S/C29H25ClN8O3/c1-5-8-21-14-20(29(35-21)37(40)41)17-38(3,4)12-7-9-27(39)36-26-15-23-25(16-31-26)32-18-33-28(23)34-22-10-11-24(30)19(6-2)13-22/h2,7,9-11,13,15-16,18H,12,14,17H2,1,3-4H3,(H-,31,32,33,34,36,39)/p+1/b9-7+. The minimum Gasteiger partial charge on any atom is -0.358 e. The largest absolute Gasteiger partial charge is 0.369 e. The molecule has 206 valence electrons. The van der Waals surface area contributed by atoms with Crippen LogP contribution in [-0.4, -0.2) is 63.2 Å². The van der Waals surface area contributed by atoms with Crippen LogP contribution in [-0.2, 0) is 4.79 Å². The van der Waals surface area contributed by atoms with E-state index in [2.05, 4.69) is 48.3 Å². The molecular weight excluding hydrogens is 544 g/mol. The molecule has 1 aliphatic rings. The van der Waals surface area contributed by atoms with Crippen LogP contribution in [0.5, 0.6) is 0 Å². The van der Waals surface area contributed by atoms with Crippen LogP contribution in [0.2, 0.25) is 5.02 Å². The van der Waals surface area contributed by atoms with Gasteiger partial charge in [-0.2, -0.15) is 0 Å². The van der Waals surface area contributed by atoms with E-state index in [1.54, 1.807) is 37.3 Å². The maximum Gasteiger partial charge on any atom is 0.369 e. The lowest BCUT2D eigenvalue weighted by Crippen LogP contribution is -2.41. The predicted molar refractivity (Wildman–Crippen MR) is 159 cm³/mol. The lowest BCUT2D eigenvalue weighted by atomic mass is 10.1. The van der Waals surface area contributed by atoms with Crippen LogP contribution in [0.4, 0.5) is 17.3 Å². The second-order valence-corrected chi connectivity index (χ2v) is 10.1. The van der Waals surface area contributed by atoms with E-state index < -0.39 is 4.92 Å². The summed E-state index contributed by atoms with van der Waals surface area (Å²) >= 11 is 6.11. The molecule has 2 N–H and O–H groups in total. The number of hydrogen-bond donors (Lipinski definition) is 2. The summed E-state index contributed by atoms with van der Waals surface area (Å²) in [7, 11) is 3.84. The van der Waals surface area contributed by atoms with Crippen molar-refractivity contribution in [2.75, 3.05) is 37.8 Å². The third kappa shape index (κ3) is 7.31. The van der Waals surface area contributed by atoms with Crippen molar-refractivity contribution in [1.82, 2.24) is 15.0 Å². The molecule has 0 bridgehead atoms. The van der Waals surface area contributed by atoms with Crippen LogP contribution in [0, 0.1) is 34.3 Å². The molecule has 11 nitrogen and oxygen atoms in total. The highest BCUT2D eigenvalue weighted by Gasteiger charge is 2.32. The highest BCUT2D eigenvalue weighted by molar-refractivity contribution is 6.31. The first kappa shape index (κ1) is 28.9. The number of rotatable bonds is 9. The van der Waals surface area contributed by atoms with Crippen molar-refractivity contribution >= 4 is 51.4 Å². The molecule has 0 atom stereocenters. The molecule has 0 fully saturated rings. The molecule has 4 rings (SSSR count). The van der Waals surface area contributed by atoms with Gasteiger partial charge in [-0.15, -0.1) is 6.42 Å². The number of quaternary nitrogens is 1. The van der Waals surface area contributed by atoms with Crippen molar-refractivity contribution < 1.29 is 14.2 Å². The van der Waals surface area contributed by atoms with Gasteiger partial charge < -0.3 is 25.2 Å². The van der Waals surface area contributed by atoms with E-state index in [1.807, 2.05) is 14.1 Å². The third-order valence-electron chi connectivity index (χ3n) is 6.03.